The van der Waals surface area contributed by atoms with Gasteiger partial charge in [0.05, 0.1) is 33.3 Å². The minimum Gasteiger partial charge on any atom is -0.314 e. The molecule has 10 heteroatoms. The molecule has 0 saturated carbocycles. The number of halogens is 3. The van der Waals surface area contributed by atoms with Gasteiger partial charge in [0.1, 0.15) is 5.88 Å². The summed E-state index contributed by atoms with van der Waals surface area (Å²) >= 11 is 19.1. The van der Waals surface area contributed by atoms with Crippen molar-refractivity contribution in [3.8, 4) is 0 Å². The molecule has 2 fully saturated rings. The van der Waals surface area contributed by atoms with Crippen LogP contribution < -0.4 is 4.90 Å². The Morgan fingerprint density at radius 3 is 2.78 bits per heavy atom. The molecule has 2 aliphatic rings. The Morgan fingerprint density at radius 2 is 2.09 bits per heavy atom. The normalized spacial score (nSPS) is 27.4. The number of sulfone groups is 1. The lowest BCUT2D eigenvalue weighted by atomic mass is 10.2. The molecule has 0 N–H and O–H groups in total. The van der Waals surface area contributed by atoms with Gasteiger partial charge in [0, 0.05) is 5.25 Å². The van der Waals surface area contributed by atoms with E-state index >= 15 is 0 Å². The second-order valence-electron chi connectivity index (χ2n) is 5.17. The molecule has 2 aliphatic heterocycles. The van der Waals surface area contributed by atoms with Crippen LogP contribution in [0, 0.1) is 0 Å². The number of hydrogen-bond donors (Lipinski definition) is 0. The first-order valence-corrected chi connectivity index (χ1v) is 10.6. The largest absolute Gasteiger partial charge is 0.314 e. The van der Waals surface area contributed by atoms with Crippen molar-refractivity contribution >= 4 is 73.2 Å². The van der Waals surface area contributed by atoms with E-state index < -0.39 is 15.7 Å². The van der Waals surface area contributed by atoms with Crippen molar-refractivity contribution < 1.29 is 13.2 Å². The van der Waals surface area contributed by atoms with Crippen molar-refractivity contribution in [2.24, 2.45) is 4.99 Å². The Hall–Kier alpha value is -0.470. The van der Waals surface area contributed by atoms with E-state index in [1.54, 1.807) is 23.1 Å². The molecule has 0 unspecified atom stereocenters. The predicted molar refractivity (Wildman–Crippen MR) is 95.9 cm³/mol. The lowest BCUT2D eigenvalue weighted by Gasteiger charge is -2.25. The number of carbonyl (C=O) groups excluding carboxylic acids is 1. The quantitative estimate of drug-likeness (QED) is 0.698. The van der Waals surface area contributed by atoms with Crippen LogP contribution in [0.3, 0.4) is 0 Å². The molecule has 2 heterocycles. The van der Waals surface area contributed by atoms with Crippen LogP contribution in [0.25, 0.3) is 0 Å². The highest BCUT2D eigenvalue weighted by Gasteiger charge is 2.49. The maximum Gasteiger partial charge on any atom is 0.262 e. The van der Waals surface area contributed by atoms with Gasteiger partial charge in [0.25, 0.3) is 5.91 Å². The number of amides is 1. The average Bonchev–Trinajstić information content (AvgIpc) is 2.93. The van der Waals surface area contributed by atoms with Crippen LogP contribution >= 0.6 is 46.6 Å². The predicted octanol–water partition coefficient (Wildman–Crippen LogP) is 2.83. The van der Waals surface area contributed by atoms with Crippen LogP contribution in [0.15, 0.2) is 23.2 Å². The summed E-state index contributed by atoms with van der Waals surface area (Å²) in [6.45, 7) is 0. The molecule has 23 heavy (non-hydrogen) atoms. The van der Waals surface area contributed by atoms with Crippen LogP contribution in [0.2, 0.25) is 10.0 Å². The van der Waals surface area contributed by atoms with E-state index in [9.17, 15) is 13.2 Å². The van der Waals surface area contributed by atoms with Gasteiger partial charge in [-0.1, -0.05) is 41.0 Å². The van der Waals surface area contributed by atoms with Crippen molar-refractivity contribution in [2.75, 3.05) is 22.3 Å². The van der Waals surface area contributed by atoms with Crippen LogP contribution in [-0.2, 0) is 14.6 Å². The van der Waals surface area contributed by atoms with Crippen LogP contribution in [-0.4, -0.2) is 48.2 Å². The van der Waals surface area contributed by atoms with Crippen molar-refractivity contribution in [2.45, 2.75) is 11.3 Å². The lowest BCUT2D eigenvalue weighted by Crippen LogP contribution is -2.38. The molecule has 5 nitrogen and oxygen atoms in total. The van der Waals surface area contributed by atoms with Gasteiger partial charge in [-0.15, -0.1) is 11.6 Å². The maximum absolute atomic E-state index is 11.9. The highest BCUT2D eigenvalue weighted by molar-refractivity contribution is 8.16. The third kappa shape index (κ3) is 3.35. The van der Waals surface area contributed by atoms with E-state index in [2.05, 4.69) is 4.99 Å². The molecule has 0 aliphatic carbocycles. The summed E-state index contributed by atoms with van der Waals surface area (Å²) in [6, 6.07) is 4.75. The highest BCUT2D eigenvalue weighted by atomic mass is 35.5. The number of nitrogens with zero attached hydrogens (tertiary/aromatic N) is 2. The van der Waals surface area contributed by atoms with E-state index in [4.69, 9.17) is 34.8 Å². The zero-order chi connectivity index (χ0) is 16.8. The van der Waals surface area contributed by atoms with Gasteiger partial charge < -0.3 is 4.90 Å². The number of carbonyl (C=O) groups is 1. The minimum absolute atomic E-state index is 0.0123. The first-order chi connectivity index (χ1) is 10.8. The molecule has 2 atom stereocenters. The van der Waals surface area contributed by atoms with Crippen LogP contribution in [0.5, 0.6) is 0 Å². The number of anilines is 1. The Bertz CT molecular complexity index is 798. The van der Waals surface area contributed by atoms with Gasteiger partial charge in [-0.05, 0) is 12.1 Å². The maximum atomic E-state index is 11.9. The SMILES string of the molecule is O=C(CCl)N=C1S[C@H]2CS(=O)(=O)C[C@@H]2N1c1cccc(Cl)c1Cl. The Labute approximate surface area is 152 Å². The van der Waals surface area contributed by atoms with E-state index in [1.807, 2.05) is 0 Å². The van der Waals surface area contributed by atoms with E-state index in [1.165, 1.54) is 11.8 Å². The van der Waals surface area contributed by atoms with E-state index in [0.29, 0.717) is 20.9 Å². The first-order valence-electron chi connectivity index (χ1n) is 6.60. The third-order valence-corrected chi connectivity index (χ3v) is 7.84. The standard InChI is InChI=1S/C13H11Cl3N2O3S2/c14-4-11(19)17-13-18(8-3-1-2-7(15)12(8)16)9-5-23(20,21)6-10(9)22-13/h1-3,9-10H,4-6H2/t9-,10-/m0/s1. The van der Waals surface area contributed by atoms with Crippen molar-refractivity contribution in [1.82, 2.24) is 0 Å². The molecular weight excluding hydrogens is 403 g/mol. The number of hydrogen-bond acceptors (Lipinski definition) is 4. The summed E-state index contributed by atoms with van der Waals surface area (Å²) in [5, 5.41) is 0.855. The minimum atomic E-state index is -3.13. The van der Waals surface area contributed by atoms with Crippen molar-refractivity contribution in [3.63, 3.8) is 0 Å². The van der Waals surface area contributed by atoms with Gasteiger partial charge in [0.2, 0.25) is 0 Å². The van der Waals surface area contributed by atoms with Crippen molar-refractivity contribution in [1.29, 1.82) is 0 Å². The Balaban J connectivity index is 2.09. The summed E-state index contributed by atoms with van der Waals surface area (Å²) in [5.41, 5.74) is 0.539. The summed E-state index contributed by atoms with van der Waals surface area (Å²) in [6.07, 6.45) is 0. The molecule has 0 bridgehead atoms. The number of thioether (sulfide) groups is 1. The van der Waals surface area contributed by atoms with Crippen LogP contribution in [0.1, 0.15) is 0 Å². The Kier molecular flexibility index (Phi) is 4.86. The zero-order valence-electron chi connectivity index (χ0n) is 11.6. The number of aliphatic imine (C=N–C) groups is 1. The number of amidine groups is 1. The van der Waals surface area contributed by atoms with Crippen molar-refractivity contribution in [3.05, 3.63) is 28.2 Å². The summed E-state index contributed by atoms with van der Waals surface area (Å²) in [4.78, 5) is 17.3. The number of benzene rings is 1. The topological polar surface area (TPSA) is 66.8 Å². The molecule has 1 amide bonds. The molecular formula is C13H11Cl3N2O3S2. The molecule has 0 radical (unpaired) electrons. The van der Waals surface area contributed by atoms with Gasteiger partial charge in [-0.3, -0.25) is 4.79 Å². The molecule has 124 valence electrons. The molecule has 3 rings (SSSR count). The summed E-state index contributed by atoms with van der Waals surface area (Å²) in [5.74, 6) is -0.693. The monoisotopic (exact) mass is 412 g/mol. The van der Waals surface area contributed by atoms with E-state index in [-0.39, 0.29) is 28.7 Å². The molecule has 0 aromatic heterocycles. The number of rotatable bonds is 2. The van der Waals surface area contributed by atoms with Gasteiger partial charge in [-0.2, -0.15) is 4.99 Å². The first kappa shape index (κ1) is 17.4. The van der Waals surface area contributed by atoms with E-state index in [0.717, 1.165) is 0 Å². The average molecular weight is 414 g/mol. The smallest absolute Gasteiger partial charge is 0.262 e. The van der Waals surface area contributed by atoms with Crippen LogP contribution in [0.4, 0.5) is 5.69 Å². The highest BCUT2D eigenvalue weighted by Crippen LogP contribution is 2.44. The molecule has 2 saturated heterocycles. The second-order valence-corrected chi connectivity index (χ2v) is 9.58. The third-order valence-electron chi connectivity index (χ3n) is 3.59. The summed E-state index contributed by atoms with van der Waals surface area (Å²) < 4.78 is 23.9. The van der Waals surface area contributed by atoms with Gasteiger partial charge in [0.15, 0.2) is 15.0 Å². The summed E-state index contributed by atoms with van der Waals surface area (Å²) in [7, 11) is -3.13. The lowest BCUT2D eigenvalue weighted by molar-refractivity contribution is -0.115. The molecule has 1 aromatic carbocycles. The Morgan fingerprint density at radius 1 is 1.35 bits per heavy atom. The fourth-order valence-corrected chi connectivity index (χ4v) is 7.03. The van der Waals surface area contributed by atoms with Gasteiger partial charge >= 0.3 is 0 Å². The fraction of sp³-hybridized carbons (Fsp3) is 0.385. The van der Waals surface area contributed by atoms with Gasteiger partial charge in [-0.25, -0.2) is 8.42 Å². The second kappa shape index (κ2) is 6.44. The number of alkyl halides is 1. The molecule has 1 aromatic rings. The number of fused-ring (bicyclic) bond motifs is 1. The fourth-order valence-electron chi connectivity index (χ4n) is 2.66. The molecule has 0 spiro atoms. The zero-order valence-corrected chi connectivity index (χ0v) is 15.5.